The molecule has 3 aromatic carbocycles. The second-order valence-corrected chi connectivity index (χ2v) is 16.1. The number of ether oxygens (including phenoxy) is 2. The monoisotopic (exact) mass is 677 g/mol. The Morgan fingerprint density at radius 2 is 1.85 bits per heavy atom. The number of carbonyl (C=O) groups excluding carboxylic acids is 1. The zero-order valence-corrected chi connectivity index (χ0v) is 28.5. The highest BCUT2D eigenvalue weighted by Gasteiger charge is 2.44. The van der Waals surface area contributed by atoms with Gasteiger partial charge in [-0.05, 0) is 123 Å². The van der Waals surface area contributed by atoms with Gasteiger partial charge in [-0.25, -0.2) is 13.1 Å². The van der Waals surface area contributed by atoms with E-state index in [-0.39, 0.29) is 17.2 Å². The summed E-state index contributed by atoms with van der Waals surface area (Å²) < 4.78 is 40.2. The summed E-state index contributed by atoms with van der Waals surface area (Å²) in [4.78, 5) is 15.7. The molecule has 1 spiro atoms. The first-order valence-electron chi connectivity index (χ1n) is 17.0. The summed E-state index contributed by atoms with van der Waals surface area (Å²) in [7, 11) is -2.09. The number of fused-ring (bicyclic) bond motifs is 4. The van der Waals surface area contributed by atoms with Crippen molar-refractivity contribution in [3.63, 3.8) is 0 Å². The molecular weight excluding hydrogens is 634 g/mol. The maximum atomic E-state index is 13.3. The number of hydrogen-bond donors (Lipinski definition) is 2. The van der Waals surface area contributed by atoms with E-state index in [0.29, 0.717) is 30.4 Å². The number of aryl methyl sites for hydroxylation is 1. The van der Waals surface area contributed by atoms with Crippen molar-refractivity contribution in [2.24, 2.45) is 11.8 Å². The zero-order valence-electron chi connectivity index (χ0n) is 27.0. The third kappa shape index (κ3) is 6.79. The normalized spacial score (nSPS) is 27.2. The molecule has 7 rings (SSSR count). The van der Waals surface area contributed by atoms with Gasteiger partial charge in [0.05, 0.1) is 25.2 Å². The summed E-state index contributed by atoms with van der Waals surface area (Å²) in [6.45, 7) is 2.11. The number of methoxy groups -OCH3 is 1. The molecule has 2 aliphatic heterocycles. The van der Waals surface area contributed by atoms with E-state index in [9.17, 15) is 13.2 Å². The van der Waals surface area contributed by atoms with Crippen molar-refractivity contribution in [1.82, 2.24) is 4.72 Å². The van der Waals surface area contributed by atoms with Crippen molar-refractivity contribution < 1.29 is 22.7 Å². The molecule has 0 unspecified atom stereocenters. The number of rotatable bonds is 3. The fourth-order valence-electron chi connectivity index (χ4n) is 8.27. The molecule has 2 aliphatic carbocycles. The van der Waals surface area contributed by atoms with Crippen molar-refractivity contribution in [2.45, 2.75) is 69.2 Å². The van der Waals surface area contributed by atoms with E-state index in [2.05, 4.69) is 39.2 Å². The van der Waals surface area contributed by atoms with E-state index in [1.165, 1.54) is 11.1 Å². The summed E-state index contributed by atoms with van der Waals surface area (Å²) in [5.74, 6) is 1.79. The molecule has 250 valence electrons. The van der Waals surface area contributed by atoms with Crippen molar-refractivity contribution in [2.75, 3.05) is 42.8 Å². The number of anilines is 2. The van der Waals surface area contributed by atoms with Gasteiger partial charge in [0.25, 0.3) is 5.91 Å². The van der Waals surface area contributed by atoms with Gasteiger partial charge in [-0.1, -0.05) is 30.5 Å². The highest BCUT2D eigenvalue weighted by Crippen LogP contribution is 2.47. The molecule has 0 radical (unpaired) electrons. The van der Waals surface area contributed by atoms with Crippen LogP contribution in [0, 0.1) is 11.8 Å². The summed E-state index contributed by atoms with van der Waals surface area (Å²) in [6, 6.07) is 20.0. The van der Waals surface area contributed by atoms with Crippen molar-refractivity contribution >= 4 is 38.9 Å². The molecule has 8 nitrogen and oxygen atoms in total. The van der Waals surface area contributed by atoms with Gasteiger partial charge in [0.15, 0.2) is 0 Å². The van der Waals surface area contributed by atoms with E-state index < -0.39 is 15.9 Å². The summed E-state index contributed by atoms with van der Waals surface area (Å²) >= 11 is 6.45. The molecule has 47 heavy (non-hydrogen) atoms. The minimum atomic E-state index is -3.77. The van der Waals surface area contributed by atoms with E-state index in [1.54, 1.807) is 13.2 Å². The minimum absolute atomic E-state index is 0.0759. The van der Waals surface area contributed by atoms with Gasteiger partial charge < -0.3 is 19.7 Å². The first-order chi connectivity index (χ1) is 22.7. The van der Waals surface area contributed by atoms with Gasteiger partial charge in [0, 0.05) is 40.8 Å². The van der Waals surface area contributed by atoms with Gasteiger partial charge in [0.2, 0.25) is 10.0 Å². The molecule has 4 aliphatic rings. The zero-order chi connectivity index (χ0) is 32.6. The Balaban J connectivity index is 1.25. The number of nitrogens with one attached hydrogen (secondary N) is 2. The van der Waals surface area contributed by atoms with Crippen LogP contribution in [-0.2, 0) is 21.9 Å². The van der Waals surface area contributed by atoms with Crippen molar-refractivity contribution in [3.8, 4) is 11.5 Å². The molecule has 4 atom stereocenters. The van der Waals surface area contributed by atoms with E-state index in [4.69, 9.17) is 21.1 Å². The molecule has 1 amide bonds. The quantitative estimate of drug-likeness (QED) is 0.309. The molecule has 2 heterocycles. The maximum absolute atomic E-state index is 13.3. The van der Waals surface area contributed by atoms with Crippen LogP contribution in [-0.4, -0.2) is 52.9 Å². The van der Waals surface area contributed by atoms with Gasteiger partial charge in [-0.3, -0.25) is 4.79 Å². The number of amides is 1. The second kappa shape index (κ2) is 13.2. The average Bonchev–Trinajstić information content (AvgIpc) is 3.19. The number of halogens is 1. The number of hydrogen-bond acceptors (Lipinski definition) is 7. The van der Waals surface area contributed by atoms with Gasteiger partial charge in [0.1, 0.15) is 11.5 Å². The standard InChI is InChI=1S/C37H44ClN3O5S/c1-45-30-13-11-29(12-14-30)39-33-7-3-2-4-19-47(43,44)40-36(42)26-9-17-35-34(21-26)41(22-27-8-15-31(27)33)23-37(24-46-35)18-5-6-25-20-28(38)10-16-32(25)37/h9-14,16-17,20-21,27,31,33,39H,2-8,15,18-19,22-24H2,1H3,(H,40,42)/t27-,31+,33-,37-/m0/s1. The Bertz CT molecular complexity index is 1730. The Labute approximate surface area is 283 Å². The second-order valence-electron chi connectivity index (χ2n) is 13.9. The van der Waals surface area contributed by atoms with E-state index in [0.717, 1.165) is 92.4 Å². The fourth-order valence-corrected chi connectivity index (χ4v) is 9.55. The Morgan fingerprint density at radius 1 is 1.00 bits per heavy atom. The Hall–Kier alpha value is -3.43. The van der Waals surface area contributed by atoms with Crippen LogP contribution in [0.1, 0.15) is 72.9 Å². The van der Waals surface area contributed by atoms with Gasteiger partial charge >= 0.3 is 0 Å². The van der Waals surface area contributed by atoms with Crippen LogP contribution in [0.2, 0.25) is 5.02 Å². The van der Waals surface area contributed by atoms with E-state index in [1.807, 2.05) is 30.3 Å². The van der Waals surface area contributed by atoms with Crippen molar-refractivity contribution in [1.29, 1.82) is 0 Å². The number of sulfonamides is 1. The SMILES string of the molecule is COc1ccc(N[C@H]2CCCCCS(=O)(=O)NC(=O)c3ccc4c(c3)N(C[C@@H]3CC[C@H]32)C[C@@]2(CCCc3cc(Cl)ccc32)CO4)cc1. The van der Waals surface area contributed by atoms with Crippen molar-refractivity contribution in [3.05, 3.63) is 82.4 Å². The Kier molecular flexibility index (Phi) is 9.04. The van der Waals surface area contributed by atoms with Crippen LogP contribution in [0.25, 0.3) is 0 Å². The van der Waals surface area contributed by atoms with Crippen LogP contribution < -0.4 is 24.4 Å². The molecule has 3 aromatic rings. The smallest absolute Gasteiger partial charge is 0.264 e. The summed E-state index contributed by atoms with van der Waals surface area (Å²) in [6.07, 6.45) is 8.45. The first kappa shape index (κ1) is 32.1. The van der Waals surface area contributed by atoms with Gasteiger partial charge in [-0.2, -0.15) is 0 Å². The fraction of sp³-hybridized carbons (Fsp3) is 0.486. The molecule has 2 N–H and O–H groups in total. The largest absolute Gasteiger partial charge is 0.497 e. The summed E-state index contributed by atoms with van der Waals surface area (Å²) in [5.41, 5.74) is 4.58. The lowest BCUT2D eigenvalue weighted by atomic mass is 9.67. The minimum Gasteiger partial charge on any atom is -0.497 e. The average molecular weight is 678 g/mol. The molecule has 1 fully saturated rings. The van der Waals surface area contributed by atoms with Gasteiger partial charge in [-0.15, -0.1) is 0 Å². The first-order valence-corrected chi connectivity index (χ1v) is 19.0. The Morgan fingerprint density at radius 3 is 2.64 bits per heavy atom. The predicted molar refractivity (Wildman–Crippen MR) is 187 cm³/mol. The third-order valence-corrected chi connectivity index (χ3v) is 12.4. The molecule has 0 aromatic heterocycles. The van der Waals surface area contributed by atoms with Crippen LogP contribution in [0.4, 0.5) is 11.4 Å². The molecule has 10 heteroatoms. The van der Waals surface area contributed by atoms with E-state index >= 15 is 0 Å². The molecular formula is C37H44ClN3O5S. The molecule has 1 saturated carbocycles. The molecule has 2 bridgehead atoms. The molecule has 0 saturated heterocycles. The number of benzene rings is 3. The highest BCUT2D eigenvalue weighted by molar-refractivity contribution is 7.90. The summed E-state index contributed by atoms with van der Waals surface area (Å²) in [5, 5.41) is 4.60. The number of nitrogens with zero attached hydrogens (tertiary/aromatic N) is 1. The van der Waals surface area contributed by atoms with Crippen LogP contribution in [0.5, 0.6) is 11.5 Å². The number of carbonyl (C=O) groups is 1. The lowest BCUT2D eigenvalue weighted by Crippen LogP contribution is -2.50. The topological polar surface area (TPSA) is 97.0 Å². The van der Waals surface area contributed by atoms with Crippen LogP contribution in [0.15, 0.2) is 60.7 Å². The lowest BCUT2D eigenvalue weighted by Gasteiger charge is -2.47. The lowest BCUT2D eigenvalue weighted by molar-refractivity contribution is 0.0981. The maximum Gasteiger partial charge on any atom is 0.264 e. The predicted octanol–water partition coefficient (Wildman–Crippen LogP) is 6.96. The van der Waals surface area contributed by atoms with Crippen LogP contribution >= 0.6 is 11.6 Å². The highest BCUT2D eigenvalue weighted by atomic mass is 35.5. The van der Waals surface area contributed by atoms with Crippen LogP contribution in [0.3, 0.4) is 0 Å². The third-order valence-electron chi connectivity index (χ3n) is 10.9.